The van der Waals surface area contributed by atoms with Gasteiger partial charge in [-0.2, -0.15) is 0 Å². The van der Waals surface area contributed by atoms with Crippen molar-refractivity contribution < 1.29 is 9.59 Å². The van der Waals surface area contributed by atoms with Gasteiger partial charge in [0, 0.05) is 25.2 Å². The molecular formula is C10H16N4O2. The molecule has 6 nitrogen and oxygen atoms in total. The normalized spacial score (nSPS) is 11.1. The summed E-state index contributed by atoms with van der Waals surface area (Å²) in [5.74, 6) is -0.197. The summed E-state index contributed by atoms with van der Waals surface area (Å²) >= 11 is 0. The molecule has 0 saturated heterocycles. The quantitative estimate of drug-likeness (QED) is 0.684. The number of hydrogen-bond acceptors (Lipinski definition) is 3. The number of nitrogens with two attached hydrogens (primary N) is 1. The fourth-order valence-corrected chi connectivity index (χ4v) is 1.48. The van der Waals surface area contributed by atoms with Gasteiger partial charge in [0.25, 0.3) is 0 Å². The van der Waals surface area contributed by atoms with Gasteiger partial charge in [-0.15, -0.1) is 0 Å². The summed E-state index contributed by atoms with van der Waals surface area (Å²) < 4.78 is 0. The van der Waals surface area contributed by atoms with Crippen LogP contribution in [0, 0.1) is 5.41 Å². The first-order valence-electron chi connectivity index (χ1n) is 4.96. The lowest BCUT2D eigenvalue weighted by Crippen LogP contribution is -2.27. The van der Waals surface area contributed by atoms with E-state index in [1.807, 2.05) is 13.8 Å². The summed E-state index contributed by atoms with van der Waals surface area (Å²) in [6.07, 6.45) is 3.56. The van der Waals surface area contributed by atoms with E-state index in [9.17, 15) is 9.59 Å². The molecule has 1 aromatic rings. The van der Waals surface area contributed by atoms with Crippen molar-refractivity contribution in [1.82, 2.24) is 9.97 Å². The molecule has 1 rings (SSSR count). The minimum atomic E-state index is -0.442. The molecule has 16 heavy (non-hydrogen) atoms. The Morgan fingerprint density at radius 3 is 2.69 bits per heavy atom. The number of anilines is 1. The van der Waals surface area contributed by atoms with Gasteiger partial charge in [0.05, 0.1) is 0 Å². The van der Waals surface area contributed by atoms with Crippen LogP contribution in [0.15, 0.2) is 12.4 Å². The molecule has 0 atom stereocenters. The second-order valence-electron chi connectivity index (χ2n) is 4.47. The highest BCUT2D eigenvalue weighted by Gasteiger charge is 2.24. The number of aromatic amines is 1. The molecule has 0 fully saturated rings. The minimum Gasteiger partial charge on any atom is -0.370 e. The van der Waals surface area contributed by atoms with Gasteiger partial charge in [-0.25, -0.2) is 4.98 Å². The predicted octanol–water partition coefficient (Wildman–Crippen LogP) is 0.640. The van der Waals surface area contributed by atoms with Crippen molar-refractivity contribution in [2.45, 2.75) is 26.7 Å². The van der Waals surface area contributed by atoms with Gasteiger partial charge >= 0.3 is 0 Å². The first-order valence-corrected chi connectivity index (χ1v) is 4.96. The van der Waals surface area contributed by atoms with Crippen LogP contribution in [0.2, 0.25) is 0 Å². The summed E-state index contributed by atoms with van der Waals surface area (Å²) in [4.78, 5) is 29.0. The monoisotopic (exact) mass is 224 g/mol. The highest BCUT2D eigenvalue weighted by molar-refractivity contribution is 5.89. The Morgan fingerprint density at radius 2 is 2.19 bits per heavy atom. The number of aromatic nitrogens is 2. The molecule has 1 heterocycles. The second kappa shape index (κ2) is 4.78. The molecule has 0 radical (unpaired) electrons. The minimum absolute atomic E-state index is 0.179. The first-order chi connectivity index (χ1) is 7.39. The van der Waals surface area contributed by atoms with Crippen LogP contribution in [-0.2, 0) is 9.59 Å². The Balaban J connectivity index is 2.47. The van der Waals surface area contributed by atoms with Gasteiger partial charge in [-0.05, 0) is 5.41 Å². The number of primary amides is 1. The molecule has 88 valence electrons. The third kappa shape index (κ3) is 4.12. The Bertz CT molecular complexity index is 370. The number of H-pyrrole nitrogens is 1. The third-order valence-corrected chi connectivity index (χ3v) is 2.05. The molecule has 0 aliphatic heterocycles. The summed E-state index contributed by atoms with van der Waals surface area (Å²) in [5.41, 5.74) is 4.66. The van der Waals surface area contributed by atoms with E-state index in [0.717, 1.165) is 0 Å². The van der Waals surface area contributed by atoms with E-state index in [1.165, 1.54) is 0 Å². The van der Waals surface area contributed by atoms with E-state index in [1.54, 1.807) is 12.4 Å². The SMILES string of the molecule is CC(C)(CC(N)=O)CC(=O)Nc1ncc[nH]1. The van der Waals surface area contributed by atoms with Crippen molar-refractivity contribution in [2.75, 3.05) is 5.32 Å². The lowest BCUT2D eigenvalue weighted by Gasteiger charge is -2.21. The molecule has 0 aliphatic rings. The second-order valence-corrected chi connectivity index (χ2v) is 4.47. The highest BCUT2D eigenvalue weighted by atomic mass is 16.2. The molecule has 1 aromatic heterocycles. The van der Waals surface area contributed by atoms with Crippen LogP contribution < -0.4 is 11.1 Å². The molecular weight excluding hydrogens is 208 g/mol. The summed E-state index contributed by atoms with van der Waals surface area (Å²) in [7, 11) is 0. The van der Waals surface area contributed by atoms with Crippen LogP contribution in [0.1, 0.15) is 26.7 Å². The molecule has 6 heteroatoms. The van der Waals surface area contributed by atoms with Crippen LogP contribution in [0.4, 0.5) is 5.95 Å². The van der Waals surface area contributed by atoms with Gasteiger partial charge in [0.1, 0.15) is 0 Å². The molecule has 0 aliphatic carbocycles. The number of carbonyl (C=O) groups is 2. The van der Waals surface area contributed by atoms with Crippen molar-refractivity contribution >= 4 is 17.8 Å². The molecule has 0 unspecified atom stereocenters. The molecule has 0 bridgehead atoms. The lowest BCUT2D eigenvalue weighted by molar-refractivity contribution is -0.121. The van der Waals surface area contributed by atoms with Gasteiger partial charge in [0.15, 0.2) is 0 Å². The number of nitrogens with one attached hydrogen (secondary N) is 2. The zero-order valence-electron chi connectivity index (χ0n) is 9.41. The predicted molar refractivity (Wildman–Crippen MR) is 59.4 cm³/mol. The lowest BCUT2D eigenvalue weighted by atomic mass is 9.85. The largest absolute Gasteiger partial charge is 0.370 e. The van der Waals surface area contributed by atoms with E-state index < -0.39 is 11.3 Å². The number of hydrogen-bond donors (Lipinski definition) is 3. The van der Waals surface area contributed by atoms with E-state index in [2.05, 4.69) is 15.3 Å². The fourth-order valence-electron chi connectivity index (χ4n) is 1.48. The molecule has 0 saturated carbocycles. The van der Waals surface area contributed by atoms with Crippen LogP contribution >= 0.6 is 0 Å². The Hall–Kier alpha value is -1.85. The maximum atomic E-state index is 11.6. The molecule has 2 amide bonds. The van der Waals surface area contributed by atoms with Gasteiger partial charge in [0.2, 0.25) is 17.8 Å². The highest BCUT2D eigenvalue weighted by Crippen LogP contribution is 2.24. The maximum Gasteiger partial charge on any atom is 0.227 e. The number of carbonyl (C=O) groups excluding carboxylic acids is 2. The standard InChI is InChI=1S/C10H16N4O2/c1-10(2,5-7(11)15)6-8(16)14-9-12-3-4-13-9/h3-4H,5-6H2,1-2H3,(H2,11,15)(H2,12,13,14,16). The number of nitrogens with zero attached hydrogens (tertiary/aromatic N) is 1. The van der Waals surface area contributed by atoms with Crippen molar-refractivity contribution in [3.05, 3.63) is 12.4 Å². The van der Waals surface area contributed by atoms with Gasteiger partial charge in [-0.1, -0.05) is 13.8 Å². The van der Waals surface area contributed by atoms with Crippen molar-refractivity contribution in [3.63, 3.8) is 0 Å². The van der Waals surface area contributed by atoms with E-state index in [0.29, 0.717) is 5.95 Å². The molecule has 0 aromatic carbocycles. The Kier molecular flexibility index (Phi) is 3.65. The smallest absolute Gasteiger partial charge is 0.227 e. The average molecular weight is 224 g/mol. The van der Waals surface area contributed by atoms with Crippen molar-refractivity contribution in [1.29, 1.82) is 0 Å². The van der Waals surface area contributed by atoms with E-state index >= 15 is 0 Å². The molecule has 4 N–H and O–H groups in total. The van der Waals surface area contributed by atoms with Crippen LogP contribution in [-0.4, -0.2) is 21.8 Å². The average Bonchev–Trinajstić information content (AvgIpc) is 2.51. The number of rotatable bonds is 5. The molecule has 0 spiro atoms. The summed E-state index contributed by atoms with van der Waals surface area (Å²) in [6, 6.07) is 0. The Morgan fingerprint density at radius 1 is 1.50 bits per heavy atom. The fraction of sp³-hybridized carbons (Fsp3) is 0.500. The van der Waals surface area contributed by atoms with Crippen LogP contribution in [0.25, 0.3) is 0 Å². The van der Waals surface area contributed by atoms with Gasteiger partial charge in [-0.3, -0.25) is 14.9 Å². The van der Waals surface area contributed by atoms with Crippen molar-refractivity contribution in [3.8, 4) is 0 Å². The summed E-state index contributed by atoms with van der Waals surface area (Å²) in [5, 5.41) is 2.59. The maximum absolute atomic E-state index is 11.6. The van der Waals surface area contributed by atoms with Crippen LogP contribution in [0.5, 0.6) is 0 Å². The van der Waals surface area contributed by atoms with E-state index in [-0.39, 0.29) is 18.7 Å². The zero-order chi connectivity index (χ0) is 12.2. The van der Waals surface area contributed by atoms with Gasteiger partial charge < -0.3 is 10.7 Å². The zero-order valence-corrected chi connectivity index (χ0v) is 9.41. The first kappa shape index (κ1) is 12.2. The third-order valence-electron chi connectivity index (χ3n) is 2.05. The number of imidazole rings is 1. The van der Waals surface area contributed by atoms with E-state index in [4.69, 9.17) is 5.73 Å². The number of amides is 2. The van der Waals surface area contributed by atoms with Crippen molar-refractivity contribution in [2.24, 2.45) is 11.1 Å². The van der Waals surface area contributed by atoms with Crippen LogP contribution in [0.3, 0.4) is 0 Å². The topological polar surface area (TPSA) is 101 Å². The summed E-state index contributed by atoms with van der Waals surface area (Å²) in [6.45, 7) is 3.64. The Labute approximate surface area is 93.6 Å².